The van der Waals surface area contributed by atoms with Crippen LogP contribution in [0.5, 0.6) is 5.75 Å². The number of carbonyl (C=O) groups excluding carboxylic acids is 1. The van der Waals surface area contributed by atoms with Crippen LogP contribution in [0.3, 0.4) is 0 Å². The Morgan fingerprint density at radius 3 is 2.30 bits per heavy atom. The molecule has 0 spiro atoms. The molecule has 0 radical (unpaired) electrons. The number of hydrogen-bond acceptors (Lipinski definition) is 4. The van der Waals surface area contributed by atoms with Gasteiger partial charge >= 0.3 is 0 Å². The smallest absolute Gasteiger partial charge is 0.264 e. The Hall–Kier alpha value is -3.03. The second-order valence-electron chi connectivity index (χ2n) is 7.65. The Balaban J connectivity index is 1.72. The first kappa shape index (κ1) is 24.6. The van der Waals surface area contributed by atoms with E-state index in [0.29, 0.717) is 10.7 Å². The molecule has 33 heavy (non-hydrogen) atoms. The first-order chi connectivity index (χ1) is 15.7. The number of carbonyl (C=O) groups is 1. The van der Waals surface area contributed by atoms with E-state index in [2.05, 4.69) is 5.32 Å². The second-order valence-corrected chi connectivity index (χ2v) is 9.95. The van der Waals surface area contributed by atoms with Crippen LogP contribution >= 0.6 is 11.6 Å². The highest BCUT2D eigenvalue weighted by Gasteiger charge is 2.28. The van der Waals surface area contributed by atoms with Crippen molar-refractivity contribution < 1.29 is 17.9 Å². The van der Waals surface area contributed by atoms with E-state index in [9.17, 15) is 13.2 Å². The lowest BCUT2D eigenvalue weighted by atomic mass is 10.1. The summed E-state index contributed by atoms with van der Waals surface area (Å²) in [5, 5.41) is 3.18. The monoisotopic (exact) mass is 486 g/mol. The Kier molecular flexibility index (Phi) is 8.00. The minimum atomic E-state index is -3.99. The van der Waals surface area contributed by atoms with Crippen LogP contribution in [-0.2, 0) is 14.8 Å². The van der Waals surface area contributed by atoms with Gasteiger partial charge in [0.25, 0.3) is 10.0 Å². The van der Waals surface area contributed by atoms with Gasteiger partial charge in [-0.2, -0.15) is 0 Å². The van der Waals surface area contributed by atoms with E-state index in [1.165, 1.54) is 24.3 Å². The third kappa shape index (κ3) is 6.06. The summed E-state index contributed by atoms with van der Waals surface area (Å²) in [5.74, 6) is 0.330. The van der Waals surface area contributed by atoms with Crippen molar-refractivity contribution in [2.24, 2.45) is 0 Å². The molecule has 0 aliphatic rings. The van der Waals surface area contributed by atoms with Gasteiger partial charge in [-0.05, 0) is 73.9 Å². The van der Waals surface area contributed by atoms with Crippen LogP contribution in [0.25, 0.3) is 0 Å². The summed E-state index contributed by atoms with van der Waals surface area (Å²) >= 11 is 5.92. The van der Waals surface area contributed by atoms with Gasteiger partial charge in [-0.3, -0.25) is 9.10 Å². The van der Waals surface area contributed by atoms with Crippen LogP contribution in [0.15, 0.2) is 71.6 Å². The highest BCUT2D eigenvalue weighted by molar-refractivity contribution is 7.92. The fourth-order valence-corrected chi connectivity index (χ4v) is 4.91. The second kappa shape index (κ2) is 10.7. The Morgan fingerprint density at radius 2 is 1.61 bits per heavy atom. The maximum atomic E-state index is 13.4. The van der Waals surface area contributed by atoms with E-state index < -0.39 is 15.9 Å². The molecular formula is C25H27ClN2O4S. The van der Waals surface area contributed by atoms with Gasteiger partial charge in [0.1, 0.15) is 18.9 Å². The lowest BCUT2D eigenvalue weighted by Crippen LogP contribution is -2.42. The number of nitrogens with one attached hydrogen (secondary N) is 1. The molecule has 3 aromatic carbocycles. The number of anilines is 1. The van der Waals surface area contributed by atoms with E-state index in [4.69, 9.17) is 16.3 Å². The first-order valence-corrected chi connectivity index (χ1v) is 12.3. The molecule has 0 bridgehead atoms. The molecule has 0 aliphatic heterocycles. The average Bonchev–Trinajstić information content (AvgIpc) is 2.78. The minimum absolute atomic E-state index is 0.0567. The molecule has 0 heterocycles. The van der Waals surface area contributed by atoms with Crippen molar-refractivity contribution >= 4 is 33.2 Å². The summed E-state index contributed by atoms with van der Waals surface area (Å²) in [5.41, 5.74) is 3.34. The fourth-order valence-electron chi connectivity index (χ4n) is 3.29. The third-order valence-electron chi connectivity index (χ3n) is 5.31. The van der Waals surface area contributed by atoms with Crippen LogP contribution in [0.1, 0.15) is 16.7 Å². The average molecular weight is 487 g/mol. The van der Waals surface area contributed by atoms with E-state index >= 15 is 0 Å². The molecule has 3 aromatic rings. The predicted molar refractivity (Wildman–Crippen MR) is 132 cm³/mol. The summed E-state index contributed by atoms with van der Waals surface area (Å²) < 4.78 is 33.7. The van der Waals surface area contributed by atoms with Crippen LogP contribution < -0.4 is 14.4 Å². The van der Waals surface area contributed by atoms with Crippen LogP contribution in [0.4, 0.5) is 5.69 Å². The van der Waals surface area contributed by atoms with Crippen molar-refractivity contribution in [3.05, 3.63) is 88.4 Å². The highest BCUT2D eigenvalue weighted by Crippen LogP contribution is 2.27. The number of para-hydroxylation sites is 1. The predicted octanol–water partition coefficient (Wildman–Crippen LogP) is 4.66. The van der Waals surface area contributed by atoms with Gasteiger partial charge in [0.2, 0.25) is 5.91 Å². The number of hydrogen-bond donors (Lipinski definition) is 1. The Bertz CT molecular complexity index is 1230. The van der Waals surface area contributed by atoms with Gasteiger partial charge in [-0.25, -0.2) is 8.42 Å². The number of ether oxygens (including phenoxy) is 1. The number of amides is 1. The van der Waals surface area contributed by atoms with Gasteiger partial charge in [0, 0.05) is 5.02 Å². The number of aryl methyl sites for hydroxylation is 2. The Morgan fingerprint density at radius 1 is 0.939 bits per heavy atom. The molecule has 0 atom stereocenters. The van der Waals surface area contributed by atoms with Crippen molar-refractivity contribution in [2.45, 2.75) is 25.7 Å². The summed E-state index contributed by atoms with van der Waals surface area (Å²) in [4.78, 5) is 12.8. The molecule has 0 unspecified atom stereocenters. The Labute approximate surface area is 200 Å². The van der Waals surface area contributed by atoms with E-state index in [1.807, 2.05) is 38.1 Å². The summed E-state index contributed by atoms with van der Waals surface area (Å²) in [7, 11) is -3.99. The standard InChI is InChI=1S/C25H27ClN2O4S/c1-18-8-6-10-24(20(18)3)32-16-15-27-25(29)17-28(23-9-5-4-7-19(23)2)33(30,31)22-13-11-21(26)12-14-22/h4-14H,15-17H2,1-3H3,(H,27,29). The molecule has 174 valence electrons. The number of nitrogens with zero attached hydrogens (tertiary/aromatic N) is 1. The molecule has 1 N–H and O–H groups in total. The van der Waals surface area contributed by atoms with E-state index in [1.54, 1.807) is 25.1 Å². The normalized spacial score (nSPS) is 11.2. The van der Waals surface area contributed by atoms with Gasteiger partial charge in [0.05, 0.1) is 17.1 Å². The van der Waals surface area contributed by atoms with Gasteiger partial charge in [-0.1, -0.05) is 41.9 Å². The molecular weight excluding hydrogens is 460 g/mol. The zero-order valence-corrected chi connectivity index (χ0v) is 20.4. The molecule has 0 fully saturated rings. The minimum Gasteiger partial charge on any atom is -0.491 e. The molecule has 6 nitrogen and oxygen atoms in total. The van der Waals surface area contributed by atoms with Crippen molar-refractivity contribution in [2.75, 3.05) is 24.0 Å². The third-order valence-corrected chi connectivity index (χ3v) is 7.34. The van der Waals surface area contributed by atoms with Gasteiger partial charge < -0.3 is 10.1 Å². The van der Waals surface area contributed by atoms with Crippen molar-refractivity contribution in [1.29, 1.82) is 0 Å². The molecule has 8 heteroatoms. The van der Waals surface area contributed by atoms with Crippen molar-refractivity contribution in [3.63, 3.8) is 0 Å². The number of benzene rings is 3. The summed E-state index contributed by atoms with van der Waals surface area (Å²) in [6.45, 7) is 5.93. The number of rotatable bonds is 9. The largest absolute Gasteiger partial charge is 0.491 e. The quantitative estimate of drug-likeness (QED) is 0.446. The SMILES string of the molecule is Cc1ccccc1N(CC(=O)NCCOc1cccc(C)c1C)S(=O)(=O)c1ccc(Cl)cc1. The maximum absolute atomic E-state index is 13.4. The molecule has 1 amide bonds. The molecule has 0 aliphatic carbocycles. The zero-order valence-electron chi connectivity index (χ0n) is 18.8. The maximum Gasteiger partial charge on any atom is 0.264 e. The van der Waals surface area contributed by atoms with Crippen LogP contribution in [0, 0.1) is 20.8 Å². The molecule has 0 aromatic heterocycles. The zero-order chi connectivity index (χ0) is 24.0. The summed E-state index contributed by atoms with van der Waals surface area (Å²) in [6.07, 6.45) is 0. The lowest BCUT2D eigenvalue weighted by molar-refractivity contribution is -0.119. The molecule has 0 saturated heterocycles. The van der Waals surface area contributed by atoms with Crippen LogP contribution in [-0.4, -0.2) is 34.0 Å². The van der Waals surface area contributed by atoms with Gasteiger partial charge in [0.15, 0.2) is 0 Å². The lowest BCUT2D eigenvalue weighted by Gasteiger charge is -2.25. The highest BCUT2D eigenvalue weighted by atomic mass is 35.5. The van der Waals surface area contributed by atoms with E-state index in [0.717, 1.165) is 26.7 Å². The van der Waals surface area contributed by atoms with Crippen LogP contribution in [0.2, 0.25) is 5.02 Å². The topological polar surface area (TPSA) is 75.7 Å². The summed E-state index contributed by atoms with van der Waals surface area (Å²) in [6, 6.07) is 18.7. The van der Waals surface area contributed by atoms with Crippen molar-refractivity contribution in [1.82, 2.24) is 5.32 Å². The molecule has 3 rings (SSSR count). The van der Waals surface area contributed by atoms with Gasteiger partial charge in [-0.15, -0.1) is 0 Å². The van der Waals surface area contributed by atoms with E-state index in [-0.39, 0.29) is 24.6 Å². The number of sulfonamides is 1. The van der Waals surface area contributed by atoms with Crippen molar-refractivity contribution in [3.8, 4) is 5.75 Å². The number of halogens is 1. The molecule has 0 saturated carbocycles. The first-order valence-electron chi connectivity index (χ1n) is 10.5. The fraction of sp³-hybridized carbons (Fsp3) is 0.240.